The van der Waals surface area contributed by atoms with Gasteiger partial charge in [0, 0.05) is 11.1 Å². The zero-order chi connectivity index (χ0) is 10.2. The molecule has 1 aromatic carbocycles. The molecule has 0 bridgehead atoms. The van der Waals surface area contributed by atoms with E-state index in [-0.39, 0.29) is 21.9 Å². The van der Waals surface area contributed by atoms with Gasteiger partial charge in [0.1, 0.15) is 5.75 Å². The number of phenolic OH excluding ortho intramolecular Hbond substituents is 1. The van der Waals surface area contributed by atoms with E-state index in [0.717, 1.165) is 0 Å². The van der Waals surface area contributed by atoms with E-state index in [2.05, 4.69) is 0 Å². The standard InChI is InChI=1S/C9H9ClF2O/c1-3-5-6(10)8(12)7(11)4(2)9(5)13/h13H,3H2,1-2H3. The lowest BCUT2D eigenvalue weighted by Gasteiger charge is -2.09. The second-order valence-electron chi connectivity index (χ2n) is 2.75. The van der Waals surface area contributed by atoms with E-state index in [4.69, 9.17) is 11.6 Å². The van der Waals surface area contributed by atoms with Gasteiger partial charge in [0.05, 0.1) is 5.02 Å². The first-order valence-corrected chi connectivity index (χ1v) is 4.23. The monoisotopic (exact) mass is 206 g/mol. The number of halogens is 3. The van der Waals surface area contributed by atoms with Crippen molar-refractivity contribution < 1.29 is 13.9 Å². The molecule has 0 atom stereocenters. The fourth-order valence-electron chi connectivity index (χ4n) is 1.15. The van der Waals surface area contributed by atoms with Crippen LogP contribution in [0.25, 0.3) is 0 Å². The fourth-order valence-corrected chi connectivity index (χ4v) is 1.46. The van der Waals surface area contributed by atoms with Gasteiger partial charge in [-0.2, -0.15) is 0 Å². The molecule has 1 N–H and O–H groups in total. The average molecular weight is 207 g/mol. The molecule has 1 rings (SSSR count). The van der Waals surface area contributed by atoms with Gasteiger partial charge < -0.3 is 5.11 Å². The van der Waals surface area contributed by atoms with Crippen molar-refractivity contribution in [3.8, 4) is 5.75 Å². The molecule has 0 fully saturated rings. The molecule has 1 aromatic rings. The second-order valence-corrected chi connectivity index (χ2v) is 3.13. The van der Waals surface area contributed by atoms with Gasteiger partial charge in [0.2, 0.25) is 0 Å². The van der Waals surface area contributed by atoms with Gasteiger partial charge in [-0.05, 0) is 13.3 Å². The quantitative estimate of drug-likeness (QED) is 0.700. The number of aromatic hydroxyl groups is 1. The van der Waals surface area contributed by atoms with Crippen molar-refractivity contribution in [1.82, 2.24) is 0 Å². The molecule has 1 nitrogen and oxygen atoms in total. The van der Waals surface area contributed by atoms with E-state index < -0.39 is 11.6 Å². The summed E-state index contributed by atoms with van der Waals surface area (Å²) in [6.45, 7) is 3.01. The molecule has 0 unspecified atom stereocenters. The zero-order valence-corrected chi connectivity index (χ0v) is 8.04. The average Bonchev–Trinajstić information content (AvgIpc) is 2.13. The Labute approximate surface area is 80.0 Å². The van der Waals surface area contributed by atoms with Crippen molar-refractivity contribution in [3.63, 3.8) is 0 Å². The molecule has 0 saturated heterocycles. The van der Waals surface area contributed by atoms with Crippen LogP contribution in [0.5, 0.6) is 5.75 Å². The maximum atomic E-state index is 13.0. The van der Waals surface area contributed by atoms with Crippen LogP contribution in [0, 0.1) is 18.6 Å². The summed E-state index contributed by atoms with van der Waals surface area (Å²) in [6.07, 6.45) is 0.364. The van der Waals surface area contributed by atoms with Gasteiger partial charge in [-0.1, -0.05) is 18.5 Å². The van der Waals surface area contributed by atoms with E-state index in [1.54, 1.807) is 6.92 Å². The predicted octanol–water partition coefficient (Wildman–Crippen LogP) is 3.19. The minimum Gasteiger partial charge on any atom is -0.507 e. The van der Waals surface area contributed by atoms with Gasteiger partial charge in [0.15, 0.2) is 11.6 Å². The molecule has 0 saturated carbocycles. The molecular formula is C9H9ClF2O. The summed E-state index contributed by atoms with van der Waals surface area (Å²) in [6, 6.07) is 0. The summed E-state index contributed by atoms with van der Waals surface area (Å²) >= 11 is 5.50. The maximum absolute atomic E-state index is 13.0. The van der Waals surface area contributed by atoms with Crippen LogP contribution < -0.4 is 0 Å². The SMILES string of the molecule is CCc1c(O)c(C)c(F)c(F)c1Cl. The fraction of sp³-hybridized carbons (Fsp3) is 0.333. The first-order chi connectivity index (χ1) is 6.00. The highest BCUT2D eigenvalue weighted by atomic mass is 35.5. The Morgan fingerprint density at radius 3 is 2.31 bits per heavy atom. The molecule has 0 radical (unpaired) electrons. The van der Waals surface area contributed by atoms with Gasteiger partial charge in [-0.15, -0.1) is 0 Å². The Morgan fingerprint density at radius 1 is 1.31 bits per heavy atom. The van der Waals surface area contributed by atoms with Crippen LogP contribution >= 0.6 is 11.6 Å². The van der Waals surface area contributed by atoms with Crippen molar-refractivity contribution in [1.29, 1.82) is 0 Å². The minimum absolute atomic E-state index is 0.0984. The van der Waals surface area contributed by atoms with Crippen LogP contribution in [0.2, 0.25) is 5.02 Å². The third kappa shape index (κ3) is 1.48. The molecule has 0 aliphatic rings. The number of hydrogen-bond donors (Lipinski definition) is 1. The summed E-state index contributed by atoms with van der Waals surface area (Å²) in [4.78, 5) is 0. The zero-order valence-electron chi connectivity index (χ0n) is 7.29. The summed E-state index contributed by atoms with van der Waals surface area (Å²) in [5.41, 5.74) is 0.150. The van der Waals surface area contributed by atoms with E-state index >= 15 is 0 Å². The molecule has 0 aliphatic heterocycles. The van der Waals surface area contributed by atoms with Gasteiger partial charge in [-0.3, -0.25) is 0 Å². The molecular weight excluding hydrogens is 198 g/mol. The minimum atomic E-state index is -1.09. The van der Waals surface area contributed by atoms with E-state index in [9.17, 15) is 13.9 Å². The summed E-state index contributed by atoms with van der Waals surface area (Å²) < 4.78 is 26.0. The lowest BCUT2D eigenvalue weighted by atomic mass is 10.1. The van der Waals surface area contributed by atoms with E-state index in [1.807, 2.05) is 0 Å². The van der Waals surface area contributed by atoms with Crippen LogP contribution in [-0.2, 0) is 6.42 Å². The Bertz CT molecular complexity index is 321. The molecule has 0 spiro atoms. The number of phenols is 1. The number of hydrogen-bond acceptors (Lipinski definition) is 1. The summed E-state index contributed by atoms with van der Waals surface area (Å²) in [5, 5.41) is 9.06. The van der Waals surface area contributed by atoms with Gasteiger partial charge in [0.25, 0.3) is 0 Å². The van der Waals surface area contributed by atoms with Crippen LogP contribution in [-0.4, -0.2) is 5.11 Å². The number of rotatable bonds is 1. The molecule has 0 heterocycles. The predicted molar refractivity (Wildman–Crippen MR) is 47.1 cm³/mol. The summed E-state index contributed by atoms with van der Waals surface area (Å²) in [5.74, 6) is -2.43. The summed E-state index contributed by atoms with van der Waals surface area (Å²) in [7, 11) is 0. The molecule has 0 aliphatic carbocycles. The highest BCUT2D eigenvalue weighted by Crippen LogP contribution is 2.34. The van der Waals surface area contributed by atoms with Gasteiger partial charge in [-0.25, -0.2) is 8.78 Å². The highest BCUT2D eigenvalue weighted by molar-refractivity contribution is 6.31. The van der Waals surface area contributed by atoms with Crippen molar-refractivity contribution in [2.24, 2.45) is 0 Å². The third-order valence-electron chi connectivity index (χ3n) is 1.97. The Balaban J connectivity index is 3.56. The van der Waals surface area contributed by atoms with Crippen LogP contribution in [0.4, 0.5) is 8.78 Å². The van der Waals surface area contributed by atoms with Crippen molar-refractivity contribution in [2.45, 2.75) is 20.3 Å². The van der Waals surface area contributed by atoms with Crippen LogP contribution in [0.1, 0.15) is 18.1 Å². The van der Waals surface area contributed by atoms with Crippen LogP contribution in [0.15, 0.2) is 0 Å². The Morgan fingerprint density at radius 2 is 1.85 bits per heavy atom. The lowest BCUT2D eigenvalue weighted by Crippen LogP contribution is -1.97. The number of benzene rings is 1. The first-order valence-electron chi connectivity index (χ1n) is 3.85. The smallest absolute Gasteiger partial charge is 0.178 e. The van der Waals surface area contributed by atoms with Crippen molar-refractivity contribution in [3.05, 3.63) is 27.8 Å². The lowest BCUT2D eigenvalue weighted by molar-refractivity contribution is 0.441. The molecule has 0 amide bonds. The highest BCUT2D eigenvalue weighted by Gasteiger charge is 2.19. The Hall–Kier alpha value is -0.830. The third-order valence-corrected chi connectivity index (χ3v) is 2.37. The van der Waals surface area contributed by atoms with E-state index in [0.29, 0.717) is 6.42 Å². The molecule has 4 heteroatoms. The molecule has 13 heavy (non-hydrogen) atoms. The van der Waals surface area contributed by atoms with Crippen molar-refractivity contribution >= 4 is 11.6 Å². The normalized spacial score (nSPS) is 10.5. The van der Waals surface area contributed by atoms with Crippen molar-refractivity contribution in [2.75, 3.05) is 0 Å². The van der Waals surface area contributed by atoms with Crippen LogP contribution in [0.3, 0.4) is 0 Å². The second kappa shape index (κ2) is 3.50. The van der Waals surface area contributed by atoms with Gasteiger partial charge >= 0.3 is 0 Å². The first kappa shape index (κ1) is 10.3. The Kier molecular flexibility index (Phi) is 2.76. The largest absolute Gasteiger partial charge is 0.507 e. The van der Waals surface area contributed by atoms with E-state index in [1.165, 1.54) is 6.92 Å². The maximum Gasteiger partial charge on any atom is 0.178 e. The molecule has 72 valence electrons. The topological polar surface area (TPSA) is 20.2 Å². The molecule has 0 aromatic heterocycles.